The summed E-state index contributed by atoms with van der Waals surface area (Å²) in [6, 6.07) is 6.15. The van der Waals surface area contributed by atoms with Gasteiger partial charge >= 0.3 is 5.97 Å². The highest BCUT2D eigenvalue weighted by Gasteiger charge is 2.14. The van der Waals surface area contributed by atoms with E-state index in [0.29, 0.717) is 11.3 Å². The number of nitrogens with one attached hydrogen (secondary N) is 1. The fourth-order valence-corrected chi connectivity index (χ4v) is 2.27. The van der Waals surface area contributed by atoms with E-state index < -0.39 is 11.8 Å². The molecule has 2 N–H and O–H groups in total. The van der Waals surface area contributed by atoms with Crippen molar-refractivity contribution in [2.45, 2.75) is 26.3 Å². The van der Waals surface area contributed by atoms with Crippen LogP contribution >= 0.6 is 0 Å². The molecule has 0 aliphatic carbocycles. The molecule has 0 saturated heterocycles. The van der Waals surface area contributed by atoms with Crippen LogP contribution in [-0.4, -0.2) is 24.1 Å². The highest BCUT2D eigenvalue weighted by Crippen LogP contribution is 2.21. The average molecular weight is 335 g/mol. The Hall–Kier alpha value is -2.83. The number of halogens is 1. The van der Waals surface area contributed by atoms with Crippen molar-refractivity contribution in [1.29, 1.82) is 0 Å². The minimum absolute atomic E-state index is 0.0673. The van der Waals surface area contributed by atoms with Crippen molar-refractivity contribution in [2.24, 2.45) is 0 Å². The number of aryl methyl sites for hydroxylation is 2. The van der Waals surface area contributed by atoms with Crippen molar-refractivity contribution in [2.75, 3.05) is 7.11 Å². The van der Waals surface area contributed by atoms with E-state index in [1.807, 2.05) is 0 Å². The first kappa shape index (κ1) is 17.5. The lowest BCUT2D eigenvalue weighted by molar-refractivity contribution is -0.121. The summed E-state index contributed by atoms with van der Waals surface area (Å²) in [5, 5.41) is 11.6. The molecular weight excluding hydrogens is 317 g/mol. The first-order valence-electron chi connectivity index (χ1n) is 7.33. The Labute approximate surface area is 138 Å². The van der Waals surface area contributed by atoms with E-state index in [2.05, 4.69) is 5.32 Å². The molecule has 1 amide bonds. The first-order valence-corrected chi connectivity index (χ1v) is 7.33. The summed E-state index contributed by atoms with van der Waals surface area (Å²) in [5.41, 5.74) is 0.462. The molecule has 128 valence electrons. The number of rotatable bonds is 7. The van der Waals surface area contributed by atoms with Gasteiger partial charge in [0.05, 0.1) is 13.7 Å². The maximum absolute atomic E-state index is 14.0. The normalized spacial score (nSPS) is 10.5. The number of hydrogen-bond acceptors (Lipinski definition) is 4. The summed E-state index contributed by atoms with van der Waals surface area (Å²) < 4.78 is 24.1. The Bertz CT molecular complexity index is 753. The van der Waals surface area contributed by atoms with Gasteiger partial charge < -0.3 is 19.6 Å². The molecule has 0 unspecified atom stereocenters. The molecule has 0 radical (unpaired) electrons. The van der Waals surface area contributed by atoms with Crippen molar-refractivity contribution in [3.8, 4) is 5.75 Å². The molecular formula is C17H18FNO5. The predicted molar refractivity (Wildman–Crippen MR) is 83.5 cm³/mol. The maximum atomic E-state index is 14.0. The molecule has 1 heterocycles. The van der Waals surface area contributed by atoms with Crippen LogP contribution in [0.25, 0.3) is 0 Å². The van der Waals surface area contributed by atoms with Gasteiger partial charge in [-0.05, 0) is 31.0 Å². The van der Waals surface area contributed by atoms with Crippen molar-refractivity contribution >= 4 is 11.9 Å². The van der Waals surface area contributed by atoms with Gasteiger partial charge in [-0.25, -0.2) is 9.18 Å². The van der Waals surface area contributed by atoms with Gasteiger partial charge in [-0.1, -0.05) is 12.1 Å². The summed E-state index contributed by atoms with van der Waals surface area (Å²) >= 11 is 0. The summed E-state index contributed by atoms with van der Waals surface area (Å²) in [4.78, 5) is 22.8. The van der Waals surface area contributed by atoms with Gasteiger partial charge in [-0.2, -0.15) is 0 Å². The van der Waals surface area contributed by atoms with Crippen LogP contribution < -0.4 is 10.1 Å². The average Bonchev–Trinajstić information content (AvgIpc) is 2.93. The lowest BCUT2D eigenvalue weighted by Crippen LogP contribution is -2.22. The molecule has 24 heavy (non-hydrogen) atoms. The monoisotopic (exact) mass is 335 g/mol. The fourth-order valence-electron chi connectivity index (χ4n) is 2.27. The zero-order valence-electron chi connectivity index (χ0n) is 13.4. The summed E-state index contributed by atoms with van der Waals surface area (Å²) in [5.74, 6) is -1.07. The van der Waals surface area contributed by atoms with Crippen LogP contribution in [0.15, 0.2) is 28.7 Å². The van der Waals surface area contributed by atoms with Crippen molar-refractivity contribution in [3.05, 3.63) is 52.7 Å². The lowest BCUT2D eigenvalue weighted by Gasteiger charge is -2.07. The second-order valence-corrected chi connectivity index (χ2v) is 5.20. The third kappa shape index (κ3) is 4.13. The van der Waals surface area contributed by atoms with Crippen LogP contribution in [-0.2, 0) is 17.8 Å². The number of furan rings is 1. The minimum Gasteiger partial charge on any atom is -0.494 e. The number of amides is 1. The molecule has 2 rings (SSSR count). The van der Waals surface area contributed by atoms with E-state index >= 15 is 0 Å². The molecule has 0 fully saturated rings. The smallest absolute Gasteiger partial charge is 0.339 e. The summed E-state index contributed by atoms with van der Waals surface area (Å²) in [7, 11) is 1.38. The van der Waals surface area contributed by atoms with E-state index in [-0.39, 0.29) is 42.4 Å². The highest BCUT2D eigenvalue weighted by atomic mass is 19.1. The number of carbonyl (C=O) groups is 2. The molecule has 0 aliphatic heterocycles. The second kappa shape index (κ2) is 7.63. The van der Waals surface area contributed by atoms with E-state index in [1.165, 1.54) is 19.2 Å². The van der Waals surface area contributed by atoms with Gasteiger partial charge in [0, 0.05) is 6.42 Å². The van der Waals surface area contributed by atoms with Crippen molar-refractivity contribution in [3.63, 3.8) is 0 Å². The molecule has 0 spiro atoms. The number of aromatic carboxylic acids is 1. The molecule has 0 atom stereocenters. The molecule has 0 bridgehead atoms. The molecule has 0 saturated carbocycles. The van der Waals surface area contributed by atoms with Crippen LogP contribution in [0.1, 0.15) is 33.9 Å². The SMILES string of the molecule is COc1cccc(CCC(=O)NCc2cc(C(=O)O)c(C)o2)c1F. The van der Waals surface area contributed by atoms with E-state index in [0.717, 1.165) is 0 Å². The number of ether oxygens (including phenoxy) is 1. The Kier molecular flexibility index (Phi) is 5.57. The number of carboxylic acids is 1. The van der Waals surface area contributed by atoms with Gasteiger partial charge in [0.15, 0.2) is 11.6 Å². The molecule has 1 aromatic carbocycles. The van der Waals surface area contributed by atoms with Crippen LogP contribution in [0.5, 0.6) is 5.75 Å². The Morgan fingerprint density at radius 1 is 1.38 bits per heavy atom. The standard InChI is InChI=1S/C17H18FNO5/c1-10-13(17(21)22)8-12(24-10)9-19-15(20)7-6-11-4-3-5-14(23-2)16(11)18/h3-5,8H,6-7,9H2,1-2H3,(H,19,20)(H,21,22). The number of benzene rings is 1. The Balaban J connectivity index is 1.88. The summed E-state index contributed by atoms with van der Waals surface area (Å²) in [6.45, 7) is 1.62. The maximum Gasteiger partial charge on any atom is 0.339 e. The molecule has 1 aromatic heterocycles. The number of methoxy groups -OCH3 is 1. The van der Waals surface area contributed by atoms with Crippen molar-refractivity contribution < 1.29 is 28.2 Å². The number of hydrogen-bond donors (Lipinski definition) is 2. The third-order valence-electron chi connectivity index (χ3n) is 3.54. The van der Waals surface area contributed by atoms with E-state index in [4.69, 9.17) is 14.3 Å². The third-order valence-corrected chi connectivity index (χ3v) is 3.54. The van der Waals surface area contributed by atoms with Crippen LogP contribution in [0.3, 0.4) is 0 Å². The van der Waals surface area contributed by atoms with Gasteiger partial charge in [-0.15, -0.1) is 0 Å². The van der Waals surface area contributed by atoms with Crippen molar-refractivity contribution in [1.82, 2.24) is 5.32 Å². The molecule has 2 aromatic rings. The van der Waals surface area contributed by atoms with Gasteiger partial charge in [0.1, 0.15) is 17.1 Å². The van der Waals surface area contributed by atoms with E-state index in [1.54, 1.807) is 19.1 Å². The lowest BCUT2D eigenvalue weighted by atomic mass is 10.1. The second-order valence-electron chi connectivity index (χ2n) is 5.20. The van der Waals surface area contributed by atoms with Gasteiger partial charge in [-0.3, -0.25) is 4.79 Å². The number of carboxylic acid groups (broad SMARTS) is 1. The van der Waals surface area contributed by atoms with Gasteiger partial charge in [0.2, 0.25) is 5.91 Å². The Morgan fingerprint density at radius 3 is 2.75 bits per heavy atom. The Morgan fingerprint density at radius 2 is 2.12 bits per heavy atom. The number of carbonyl (C=O) groups excluding carboxylic acids is 1. The largest absolute Gasteiger partial charge is 0.494 e. The van der Waals surface area contributed by atoms with Crippen LogP contribution in [0.4, 0.5) is 4.39 Å². The first-order chi connectivity index (χ1) is 11.4. The quantitative estimate of drug-likeness (QED) is 0.812. The van der Waals surface area contributed by atoms with Gasteiger partial charge in [0.25, 0.3) is 0 Å². The molecule has 6 nitrogen and oxygen atoms in total. The zero-order valence-corrected chi connectivity index (χ0v) is 13.4. The zero-order chi connectivity index (χ0) is 17.7. The van der Waals surface area contributed by atoms with Crippen LogP contribution in [0.2, 0.25) is 0 Å². The molecule has 7 heteroatoms. The summed E-state index contributed by atoms with van der Waals surface area (Å²) in [6.07, 6.45) is 0.321. The van der Waals surface area contributed by atoms with Crippen LogP contribution in [0, 0.1) is 12.7 Å². The minimum atomic E-state index is -1.08. The topological polar surface area (TPSA) is 88.8 Å². The highest BCUT2D eigenvalue weighted by molar-refractivity contribution is 5.88. The predicted octanol–water partition coefficient (Wildman–Crippen LogP) is 2.68. The fraction of sp³-hybridized carbons (Fsp3) is 0.294. The van der Waals surface area contributed by atoms with E-state index in [9.17, 15) is 14.0 Å². The molecule has 0 aliphatic rings.